The van der Waals surface area contributed by atoms with Crippen LogP contribution in [-0.4, -0.2) is 11.0 Å². The van der Waals surface area contributed by atoms with Gasteiger partial charge in [0.05, 0.1) is 0 Å². The maximum Gasteiger partial charge on any atom is 0.128 e. The summed E-state index contributed by atoms with van der Waals surface area (Å²) >= 11 is 0. The van der Waals surface area contributed by atoms with Crippen LogP contribution < -0.4 is 11.1 Å². The summed E-state index contributed by atoms with van der Waals surface area (Å²) in [7, 11) is 0. The Labute approximate surface area is 102 Å². The largest absolute Gasteiger partial charge is 0.399 e. The molecule has 0 radical (unpaired) electrons. The zero-order valence-electron chi connectivity index (χ0n) is 9.93. The molecule has 0 aliphatic heterocycles. The Morgan fingerprint density at radius 2 is 2.00 bits per heavy atom. The Morgan fingerprint density at radius 1 is 1.24 bits per heavy atom. The van der Waals surface area contributed by atoms with Crippen LogP contribution >= 0.6 is 0 Å². The van der Waals surface area contributed by atoms with Crippen molar-refractivity contribution < 1.29 is 0 Å². The molecule has 2 aromatic rings. The normalized spacial score (nSPS) is 12.1. The van der Waals surface area contributed by atoms with E-state index in [1.165, 1.54) is 5.56 Å². The molecule has 1 heterocycles. The molecule has 3 nitrogen and oxygen atoms in total. The maximum absolute atomic E-state index is 5.71. The highest BCUT2D eigenvalue weighted by Crippen LogP contribution is 2.11. The van der Waals surface area contributed by atoms with Crippen LogP contribution in [0.3, 0.4) is 0 Å². The van der Waals surface area contributed by atoms with Crippen molar-refractivity contribution >= 4 is 11.5 Å². The van der Waals surface area contributed by atoms with Gasteiger partial charge in [-0.05, 0) is 25.0 Å². The minimum absolute atomic E-state index is 0.326. The fourth-order valence-electron chi connectivity index (χ4n) is 1.80. The van der Waals surface area contributed by atoms with E-state index < -0.39 is 0 Å². The Hall–Kier alpha value is -2.03. The number of nitrogens with one attached hydrogen (secondary N) is 1. The van der Waals surface area contributed by atoms with E-state index in [1.807, 2.05) is 12.1 Å². The minimum atomic E-state index is 0.326. The van der Waals surface area contributed by atoms with Crippen LogP contribution in [0.4, 0.5) is 11.5 Å². The van der Waals surface area contributed by atoms with Gasteiger partial charge in [-0.3, -0.25) is 0 Å². The van der Waals surface area contributed by atoms with Crippen molar-refractivity contribution in [3.05, 3.63) is 54.2 Å². The van der Waals surface area contributed by atoms with E-state index >= 15 is 0 Å². The predicted octanol–water partition coefficient (Wildman–Crippen LogP) is 2.71. The molecule has 1 aromatic heterocycles. The smallest absolute Gasteiger partial charge is 0.128 e. The summed E-state index contributed by atoms with van der Waals surface area (Å²) in [6.07, 6.45) is 2.68. The SMILES string of the molecule is CC(Cc1ccccc1)Nc1cc(N)ccn1. The average Bonchev–Trinajstić information content (AvgIpc) is 2.30. The van der Waals surface area contributed by atoms with Crippen molar-refractivity contribution in [2.24, 2.45) is 0 Å². The van der Waals surface area contributed by atoms with Gasteiger partial charge in [0.25, 0.3) is 0 Å². The second-order valence-corrected chi connectivity index (χ2v) is 4.21. The number of hydrogen-bond acceptors (Lipinski definition) is 3. The van der Waals surface area contributed by atoms with E-state index in [2.05, 4.69) is 41.5 Å². The summed E-state index contributed by atoms with van der Waals surface area (Å²) in [6, 6.07) is 14.4. The molecule has 1 aromatic carbocycles. The standard InChI is InChI=1S/C14H17N3/c1-11(9-12-5-3-2-4-6-12)17-14-10-13(15)7-8-16-14/h2-8,10-11H,9H2,1H3,(H3,15,16,17). The zero-order valence-corrected chi connectivity index (χ0v) is 9.93. The van der Waals surface area contributed by atoms with Gasteiger partial charge in [-0.25, -0.2) is 4.98 Å². The lowest BCUT2D eigenvalue weighted by atomic mass is 10.1. The third kappa shape index (κ3) is 3.48. The molecule has 88 valence electrons. The van der Waals surface area contributed by atoms with Crippen LogP contribution in [0.2, 0.25) is 0 Å². The average molecular weight is 227 g/mol. The van der Waals surface area contributed by atoms with Gasteiger partial charge in [-0.2, -0.15) is 0 Å². The van der Waals surface area contributed by atoms with E-state index in [1.54, 1.807) is 12.3 Å². The van der Waals surface area contributed by atoms with Crippen LogP contribution in [0.5, 0.6) is 0 Å². The zero-order chi connectivity index (χ0) is 12.1. The fraction of sp³-hybridized carbons (Fsp3) is 0.214. The first-order valence-corrected chi connectivity index (χ1v) is 5.76. The number of rotatable bonds is 4. The Balaban J connectivity index is 1.96. The summed E-state index contributed by atoms with van der Waals surface area (Å²) in [5, 5.41) is 3.34. The molecule has 17 heavy (non-hydrogen) atoms. The van der Waals surface area contributed by atoms with Gasteiger partial charge in [0.1, 0.15) is 5.82 Å². The number of anilines is 2. The van der Waals surface area contributed by atoms with E-state index in [0.29, 0.717) is 6.04 Å². The highest BCUT2D eigenvalue weighted by Gasteiger charge is 2.04. The van der Waals surface area contributed by atoms with Crippen molar-refractivity contribution in [3.63, 3.8) is 0 Å². The highest BCUT2D eigenvalue weighted by atomic mass is 15.0. The van der Waals surface area contributed by atoms with Crippen LogP contribution in [0.15, 0.2) is 48.7 Å². The number of hydrogen-bond donors (Lipinski definition) is 2. The van der Waals surface area contributed by atoms with E-state index in [4.69, 9.17) is 5.73 Å². The molecule has 1 atom stereocenters. The number of aromatic nitrogens is 1. The number of nitrogens with two attached hydrogens (primary N) is 1. The lowest BCUT2D eigenvalue weighted by Gasteiger charge is -2.14. The lowest BCUT2D eigenvalue weighted by molar-refractivity contribution is 0.785. The summed E-state index contributed by atoms with van der Waals surface area (Å²) in [5.41, 5.74) is 7.75. The molecule has 3 N–H and O–H groups in total. The number of benzene rings is 1. The Kier molecular flexibility index (Phi) is 3.60. The molecule has 0 spiro atoms. The molecule has 2 rings (SSSR count). The van der Waals surface area contributed by atoms with Crippen LogP contribution in [-0.2, 0) is 6.42 Å². The first-order chi connectivity index (χ1) is 8.24. The monoisotopic (exact) mass is 227 g/mol. The summed E-state index contributed by atoms with van der Waals surface area (Å²) in [4.78, 5) is 4.23. The van der Waals surface area contributed by atoms with Crippen molar-refractivity contribution in [2.45, 2.75) is 19.4 Å². The van der Waals surface area contributed by atoms with E-state index in [-0.39, 0.29) is 0 Å². The molecule has 0 amide bonds. The van der Waals surface area contributed by atoms with E-state index in [0.717, 1.165) is 17.9 Å². The molecular weight excluding hydrogens is 210 g/mol. The number of nitrogen functional groups attached to an aromatic ring is 1. The maximum atomic E-state index is 5.71. The van der Waals surface area contributed by atoms with Gasteiger partial charge < -0.3 is 11.1 Å². The summed E-state index contributed by atoms with van der Waals surface area (Å²) in [6.45, 7) is 2.14. The quantitative estimate of drug-likeness (QED) is 0.844. The minimum Gasteiger partial charge on any atom is -0.399 e. The van der Waals surface area contributed by atoms with Gasteiger partial charge in [0.2, 0.25) is 0 Å². The fourth-order valence-corrected chi connectivity index (χ4v) is 1.80. The molecular formula is C14H17N3. The number of nitrogens with zero attached hydrogens (tertiary/aromatic N) is 1. The van der Waals surface area contributed by atoms with Crippen molar-refractivity contribution in [1.82, 2.24) is 4.98 Å². The molecule has 0 fully saturated rings. The van der Waals surface area contributed by atoms with Crippen LogP contribution in [0.25, 0.3) is 0 Å². The molecule has 0 aliphatic carbocycles. The van der Waals surface area contributed by atoms with E-state index in [9.17, 15) is 0 Å². The first kappa shape index (κ1) is 11.5. The van der Waals surface area contributed by atoms with Crippen molar-refractivity contribution in [2.75, 3.05) is 11.1 Å². The Bertz CT molecular complexity index is 468. The van der Waals surface area contributed by atoms with Gasteiger partial charge >= 0.3 is 0 Å². The van der Waals surface area contributed by atoms with Crippen molar-refractivity contribution in [3.8, 4) is 0 Å². The van der Waals surface area contributed by atoms with Gasteiger partial charge in [-0.1, -0.05) is 30.3 Å². The highest BCUT2D eigenvalue weighted by molar-refractivity contribution is 5.48. The van der Waals surface area contributed by atoms with Gasteiger partial charge in [0, 0.05) is 24.0 Å². The van der Waals surface area contributed by atoms with Crippen molar-refractivity contribution in [1.29, 1.82) is 0 Å². The third-order valence-electron chi connectivity index (χ3n) is 2.56. The second-order valence-electron chi connectivity index (χ2n) is 4.21. The van der Waals surface area contributed by atoms with Gasteiger partial charge in [-0.15, -0.1) is 0 Å². The lowest BCUT2D eigenvalue weighted by Crippen LogP contribution is -2.18. The van der Waals surface area contributed by atoms with Crippen LogP contribution in [0.1, 0.15) is 12.5 Å². The van der Waals surface area contributed by atoms with Crippen LogP contribution in [0, 0.1) is 0 Å². The second kappa shape index (κ2) is 5.34. The predicted molar refractivity (Wildman–Crippen MR) is 71.9 cm³/mol. The number of pyridine rings is 1. The first-order valence-electron chi connectivity index (χ1n) is 5.76. The summed E-state index contributed by atoms with van der Waals surface area (Å²) < 4.78 is 0. The summed E-state index contributed by atoms with van der Waals surface area (Å²) in [5.74, 6) is 0.827. The molecule has 1 unspecified atom stereocenters. The third-order valence-corrected chi connectivity index (χ3v) is 2.56. The van der Waals surface area contributed by atoms with Gasteiger partial charge in [0.15, 0.2) is 0 Å². The molecule has 0 aliphatic rings. The topological polar surface area (TPSA) is 50.9 Å². The Morgan fingerprint density at radius 3 is 2.71 bits per heavy atom. The molecule has 0 saturated carbocycles. The molecule has 3 heteroatoms. The molecule has 0 saturated heterocycles. The molecule has 0 bridgehead atoms.